The molecule has 2 heterocycles. The molecule has 6 nitrogen and oxygen atoms in total. The molecule has 0 amide bonds. The van der Waals surface area contributed by atoms with Gasteiger partial charge in [0.1, 0.15) is 0 Å². The van der Waals surface area contributed by atoms with Crippen molar-refractivity contribution >= 4 is 0 Å². The normalized spacial score (nSPS) is 25.1. The Kier molecular flexibility index (Phi) is 3.76. The van der Waals surface area contributed by atoms with Gasteiger partial charge in [-0.15, -0.1) is 0 Å². The monoisotopic (exact) mass is 239 g/mol. The van der Waals surface area contributed by atoms with Crippen molar-refractivity contribution in [1.29, 1.82) is 0 Å². The summed E-state index contributed by atoms with van der Waals surface area (Å²) >= 11 is 0. The standard InChI is InChI=1S/C11H21N5O/c1-8(6-12)11-13-10(14-17-11)9-7-15(2)4-5-16(9)3/h8-9H,4-7,12H2,1-3H3. The van der Waals surface area contributed by atoms with Crippen LogP contribution in [0.5, 0.6) is 0 Å². The predicted octanol–water partition coefficient (Wildman–Crippen LogP) is 0.0501. The Morgan fingerprint density at radius 3 is 2.94 bits per heavy atom. The van der Waals surface area contributed by atoms with Gasteiger partial charge in [-0.1, -0.05) is 12.1 Å². The molecule has 2 atom stereocenters. The quantitative estimate of drug-likeness (QED) is 0.803. The summed E-state index contributed by atoms with van der Waals surface area (Å²) < 4.78 is 5.27. The van der Waals surface area contributed by atoms with E-state index < -0.39 is 0 Å². The lowest BCUT2D eigenvalue weighted by atomic mass is 10.1. The minimum Gasteiger partial charge on any atom is -0.339 e. The van der Waals surface area contributed by atoms with Crippen molar-refractivity contribution in [2.75, 3.05) is 40.3 Å². The molecule has 1 saturated heterocycles. The fourth-order valence-electron chi connectivity index (χ4n) is 1.97. The van der Waals surface area contributed by atoms with Gasteiger partial charge in [-0.05, 0) is 14.1 Å². The van der Waals surface area contributed by atoms with Gasteiger partial charge in [0.2, 0.25) is 5.89 Å². The molecule has 0 spiro atoms. The fraction of sp³-hybridized carbons (Fsp3) is 0.818. The lowest BCUT2D eigenvalue weighted by Crippen LogP contribution is -2.45. The van der Waals surface area contributed by atoms with Gasteiger partial charge in [-0.3, -0.25) is 4.90 Å². The zero-order chi connectivity index (χ0) is 12.4. The van der Waals surface area contributed by atoms with Crippen molar-refractivity contribution in [2.24, 2.45) is 5.73 Å². The third-order valence-electron chi connectivity index (χ3n) is 3.38. The maximum absolute atomic E-state index is 5.59. The molecule has 1 aromatic heterocycles. The van der Waals surface area contributed by atoms with E-state index >= 15 is 0 Å². The molecule has 0 aliphatic carbocycles. The molecular weight excluding hydrogens is 218 g/mol. The Labute approximate surface area is 102 Å². The van der Waals surface area contributed by atoms with Gasteiger partial charge < -0.3 is 15.2 Å². The molecule has 1 aliphatic rings. The number of nitrogens with two attached hydrogens (primary N) is 1. The second-order valence-electron chi connectivity index (χ2n) is 4.89. The van der Waals surface area contributed by atoms with Gasteiger partial charge in [0.05, 0.1) is 6.04 Å². The summed E-state index contributed by atoms with van der Waals surface area (Å²) in [7, 11) is 4.21. The summed E-state index contributed by atoms with van der Waals surface area (Å²) in [5, 5.41) is 4.08. The maximum Gasteiger partial charge on any atom is 0.230 e. The van der Waals surface area contributed by atoms with Gasteiger partial charge in [-0.25, -0.2) is 0 Å². The number of aromatic nitrogens is 2. The molecule has 0 radical (unpaired) electrons. The molecule has 1 aliphatic heterocycles. The number of hydrogen-bond acceptors (Lipinski definition) is 6. The van der Waals surface area contributed by atoms with Gasteiger partial charge in [0, 0.05) is 32.1 Å². The molecule has 17 heavy (non-hydrogen) atoms. The van der Waals surface area contributed by atoms with Crippen molar-refractivity contribution in [3.05, 3.63) is 11.7 Å². The van der Waals surface area contributed by atoms with Crippen LogP contribution < -0.4 is 5.73 Å². The Bertz CT molecular complexity index is 366. The Balaban J connectivity index is 2.13. The first-order valence-electron chi connectivity index (χ1n) is 6.04. The first-order valence-corrected chi connectivity index (χ1v) is 6.04. The summed E-state index contributed by atoms with van der Waals surface area (Å²) in [6, 6.07) is 0.219. The highest BCUT2D eigenvalue weighted by molar-refractivity contribution is 5.00. The predicted molar refractivity (Wildman–Crippen MR) is 64.6 cm³/mol. The first-order chi connectivity index (χ1) is 8.11. The van der Waals surface area contributed by atoms with Crippen molar-refractivity contribution in [3.8, 4) is 0 Å². The number of piperazine rings is 1. The molecule has 6 heteroatoms. The SMILES string of the molecule is CC(CN)c1nc(C2CN(C)CCN2C)no1. The average molecular weight is 239 g/mol. The summed E-state index contributed by atoms with van der Waals surface area (Å²) in [6.45, 7) is 5.57. The van der Waals surface area contributed by atoms with E-state index in [0.717, 1.165) is 25.5 Å². The topological polar surface area (TPSA) is 71.4 Å². The largest absolute Gasteiger partial charge is 0.339 e. The summed E-state index contributed by atoms with van der Waals surface area (Å²) in [6.07, 6.45) is 0. The number of hydrogen-bond donors (Lipinski definition) is 1. The van der Waals surface area contributed by atoms with Crippen molar-refractivity contribution in [2.45, 2.75) is 18.9 Å². The first kappa shape index (κ1) is 12.5. The fourth-order valence-corrected chi connectivity index (χ4v) is 1.97. The highest BCUT2D eigenvalue weighted by atomic mass is 16.5. The van der Waals surface area contributed by atoms with E-state index in [1.807, 2.05) is 6.92 Å². The Morgan fingerprint density at radius 1 is 1.47 bits per heavy atom. The second kappa shape index (κ2) is 5.12. The summed E-state index contributed by atoms with van der Waals surface area (Å²) in [5.41, 5.74) is 5.59. The highest BCUT2D eigenvalue weighted by Gasteiger charge is 2.28. The van der Waals surface area contributed by atoms with E-state index in [1.54, 1.807) is 0 Å². The van der Waals surface area contributed by atoms with Crippen LogP contribution in [-0.4, -0.2) is 60.2 Å². The third-order valence-corrected chi connectivity index (χ3v) is 3.38. The molecule has 0 bridgehead atoms. The van der Waals surface area contributed by atoms with E-state index in [1.165, 1.54) is 0 Å². The van der Waals surface area contributed by atoms with Gasteiger partial charge in [0.15, 0.2) is 5.82 Å². The molecule has 0 aromatic carbocycles. The van der Waals surface area contributed by atoms with E-state index in [0.29, 0.717) is 12.4 Å². The molecule has 2 unspecified atom stereocenters. The maximum atomic E-state index is 5.59. The van der Waals surface area contributed by atoms with Gasteiger partial charge in [0.25, 0.3) is 0 Å². The molecule has 0 saturated carbocycles. The minimum atomic E-state index is 0.128. The lowest BCUT2D eigenvalue weighted by Gasteiger charge is -2.35. The molecular formula is C11H21N5O. The Hall–Kier alpha value is -0.980. The number of likely N-dealkylation sites (N-methyl/N-ethyl adjacent to an activating group) is 2. The van der Waals surface area contributed by atoms with Crippen LogP contribution in [0, 0.1) is 0 Å². The molecule has 2 rings (SSSR count). The second-order valence-corrected chi connectivity index (χ2v) is 4.89. The van der Waals surface area contributed by atoms with Crippen LogP contribution in [0.25, 0.3) is 0 Å². The molecule has 1 aromatic rings. The number of rotatable bonds is 3. The van der Waals surface area contributed by atoms with Crippen LogP contribution in [0.15, 0.2) is 4.52 Å². The molecule has 96 valence electrons. The molecule has 2 N–H and O–H groups in total. The smallest absolute Gasteiger partial charge is 0.230 e. The van der Waals surface area contributed by atoms with E-state index in [4.69, 9.17) is 10.3 Å². The highest BCUT2D eigenvalue weighted by Crippen LogP contribution is 2.22. The number of nitrogens with zero attached hydrogens (tertiary/aromatic N) is 4. The zero-order valence-electron chi connectivity index (χ0n) is 10.8. The van der Waals surface area contributed by atoms with Crippen molar-refractivity contribution in [1.82, 2.24) is 19.9 Å². The van der Waals surface area contributed by atoms with E-state index in [2.05, 4.69) is 34.0 Å². The van der Waals surface area contributed by atoms with Gasteiger partial charge in [-0.2, -0.15) is 4.98 Å². The molecule has 1 fully saturated rings. The van der Waals surface area contributed by atoms with Crippen LogP contribution in [0.3, 0.4) is 0 Å². The average Bonchev–Trinajstić information content (AvgIpc) is 2.80. The van der Waals surface area contributed by atoms with Crippen molar-refractivity contribution in [3.63, 3.8) is 0 Å². The zero-order valence-corrected chi connectivity index (χ0v) is 10.8. The Morgan fingerprint density at radius 2 is 2.24 bits per heavy atom. The van der Waals surface area contributed by atoms with Crippen LogP contribution >= 0.6 is 0 Å². The lowest BCUT2D eigenvalue weighted by molar-refractivity contribution is 0.108. The van der Waals surface area contributed by atoms with E-state index in [-0.39, 0.29) is 12.0 Å². The van der Waals surface area contributed by atoms with E-state index in [9.17, 15) is 0 Å². The van der Waals surface area contributed by atoms with Crippen LogP contribution in [0.2, 0.25) is 0 Å². The van der Waals surface area contributed by atoms with Crippen LogP contribution in [0.4, 0.5) is 0 Å². The van der Waals surface area contributed by atoms with Crippen LogP contribution in [0.1, 0.15) is 30.6 Å². The van der Waals surface area contributed by atoms with Gasteiger partial charge >= 0.3 is 0 Å². The van der Waals surface area contributed by atoms with Crippen LogP contribution in [-0.2, 0) is 0 Å². The third kappa shape index (κ3) is 2.65. The summed E-state index contributed by atoms with van der Waals surface area (Å²) in [5.74, 6) is 1.54. The summed E-state index contributed by atoms with van der Waals surface area (Å²) in [4.78, 5) is 9.01. The minimum absolute atomic E-state index is 0.128. The van der Waals surface area contributed by atoms with Crippen molar-refractivity contribution < 1.29 is 4.52 Å².